The van der Waals surface area contributed by atoms with E-state index >= 15 is 0 Å². The molecule has 0 aliphatic carbocycles. The summed E-state index contributed by atoms with van der Waals surface area (Å²) in [5.74, 6) is 1.18. The minimum atomic E-state index is -4.19. The van der Waals surface area contributed by atoms with Crippen LogP contribution in [0.5, 0.6) is 0 Å². The Balaban J connectivity index is 1.34. The van der Waals surface area contributed by atoms with Crippen LogP contribution in [-0.2, 0) is 10.0 Å². The zero-order valence-corrected chi connectivity index (χ0v) is 22.3. The van der Waals surface area contributed by atoms with Crippen molar-refractivity contribution < 1.29 is 13.2 Å². The molecule has 0 spiro atoms. The van der Waals surface area contributed by atoms with Crippen molar-refractivity contribution in [2.75, 3.05) is 29.4 Å². The zero-order valence-electron chi connectivity index (χ0n) is 21.5. The second kappa shape index (κ2) is 9.78. The van der Waals surface area contributed by atoms with Gasteiger partial charge in [-0.15, -0.1) is 0 Å². The fourth-order valence-corrected chi connectivity index (χ4v) is 6.60. The van der Waals surface area contributed by atoms with Gasteiger partial charge in [-0.2, -0.15) is 8.42 Å². The van der Waals surface area contributed by atoms with Crippen LogP contribution in [-0.4, -0.2) is 49.5 Å². The predicted octanol–water partition coefficient (Wildman–Crippen LogP) is 4.21. The molecule has 2 saturated heterocycles. The third-order valence-corrected chi connectivity index (χ3v) is 8.59. The maximum atomic E-state index is 13.2. The Morgan fingerprint density at radius 2 is 1.81 bits per heavy atom. The lowest BCUT2D eigenvalue weighted by atomic mass is 9.97. The molecule has 5 rings (SSSR count). The van der Waals surface area contributed by atoms with E-state index < -0.39 is 15.9 Å². The van der Waals surface area contributed by atoms with Crippen molar-refractivity contribution in [3.63, 3.8) is 0 Å². The summed E-state index contributed by atoms with van der Waals surface area (Å²) in [4.78, 5) is 26.3. The topological polar surface area (TPSA) is 95.5 Å². The van der Waals surface area contributed by atoms with Crippen LogP contribution in [0, 0.1) is 5.92 Å². The number of anilines is 2. The van der Waals surface area contributed by atoms with Crippen LogP contribution >= 0.6 is 0 Å². The first-order valence-electron chi connectivity index (χ1n) is 12.7. The van der Waals surface area contributed by atoms with E-state index in [9.17, 15) is 13.2 Å². The van der Waals surface area contributed by atoms with Gasteiger partial charge in [0.25, 0.3) is 15.9 Å². The standard InChI is InChI=1S/C28H33N5O3S/c1-20-17-28(2,3)33(18-20)26-23(11-8-15-29-26)27(34)31-37(35,36)25-13-7-12-24(30-25)32-16-14-22(19-32)21-9-5-4-6-10-21/h4-13,15,20,22H,14,16-19H2,1-3H3,(H,31,34). The van der Waals surface area contributed by atoms with Gasteiger partial charge in [0.15, 0.2) is 5.03 Å². The van der Waals surface area contributed by atoms with Gasteiger partial charge in [0.1, 0.15) is 11.6 Å². The van der Waals surface area contributed by atoms with Crippen LogP contribution in [0.3, 0.4) is 0 Å². The summed E-state index contributed by atoms with van der Waals surface area (Å²) in [5.41, 5.74) is 1.31. The molecular weight excluding hydrogens is 486 g/mol. The number of aromatic nitrogens is 2. The summed E-state index contributed by atoms with van der Waals surface area (Å²) in [7, 11) is -4.19. The molecule has 4 heterocycles. The maximum Gasteiger partial charge on any atom is 0.281 e. The van der Waals surface area contributed by atoms with Gasteiger partial charge in [-0.1, -0.05) is 43.3 Å². The maximum absolute atomic E-state index is 13.2. The van der Waals surface area contributed by atoms with E-state index in [-0.39, 0.29) is 16.1 Å². The summed E-state index contributed by atoms with van der Waals surface area (Å²) in [6.07, 6.45) is 3.55. The van der Waals surface area contributed by atoms with Gasteiger partial charge in [0.2, 0.25) is 0 Å². The fourth-order valence-electron chi connectivity index (χ4n) is 5.67. The first-order chi connectivity index (χ1) is 17.6. The fraction of sp³-hybridized carbons (Fsp3) is 0.393. The number of sulfonamides is 1. The Hall–Kier alpha value is -3.46. The molecule has 1 aromatic carbocycles. The molecule has 0 bridgehead atoms. The Morgan fingerprint density at radius 1 is 1.03 bits per heavy atom. The Labute approximate surface area is 218 Å². The Bertz CT molecular complexity index is 1390. The number of carbonyl (C=O) groups excluding carboxylic acids is 1. The summed E-state index contributed by atoms with van der Waals surface area (Å²) < 4.78 is 28.7. The Kier molecular flexibility index (Phi) is 6.66. The lowest BCUT2D eigenvalue weighted by molar-refractivity contribution is 0.0981. The van der Waals surface area contributed by atoms with Gasteiger partial charge >= 0.3 is 0 Å². The number of pyridine rings is 2. The number of nitrogens with zero attached hydrogens (tertiary/aromatic N) is 4. The molecule has 1 N–H and O–H groups in total. The summed E-state index contributed by atoms with van der Waals surface area (Å²) in [6, 6.07) is 18.5. The molecule has 2 aromatic heterocycles. The minimum absolute atomic E-state index is 0.179. The molecule has 0 saturated carbocycles. The average molecular weight is 520 g/mol. The van der Waals surface area contributed by atoms with Crippen LogP contribution in [0.2, 0.25) is 0 Å². The average Bonchev–Trinajstić information content (AvgIpc) is 3.48. The predicted molar refractivity (Wildman–Crippen MR) is 144 cm³/mol. The molecule has 2 aliphatic rings. The van der Waals surface area contributed by atoms with E-state index in [0.29, 0.717) is 23.5 Å². The lowest BCUT2D eigenvalue weighted by Gasteiger charge is -2.33. The van der Waals surface area contributed by atoms with Gasteiger partial charge in [0.05, 0.1) is 5.56 Å². The number of nitrogens with one attached hydrogen (secondary N) is 1. The van der Waals surface area contributed by atoms with E-state index in [1.807, 2.05) is 24.3 Å². The monoisotopic (exact) mass is 519 g/mol. The quantitative estimate of drug-likeness (QED) is 0.521. The first kappa shape index (κ1) is 25.2. The molecule has 3 aromatic rings. The highest BCUT2D eigenvalue weighted by Crippen LogP contribution is 2.37. The van der Waals surface area contributed by atoms with Crippen molar-refractivity contribution in [1.29, 1.82) is 0 Å². The molecular formula is C28H33N5O3S. The van der Waals surface area contributed by atoms with E-state index in [4.69, 9.17) is 0 Å². The lowest BCUT2D eigenvalue weighted by Crippen LogP contribution is -2.41. The molecule has 0 radical (unpaired) electrons. The van der Waals surface area contributed by atoms with Crippen LogP contribution < -0.4 is 14.5 Å². The van der Waals surface area contributed by atoms with Gasteiger partial charge in [-0.05, 0) is 62.4 Å². The van der Waals surface area contributed by atoms with E-state index in [2.05, 4.69) is 57.4 Å². The van der Waals surface area contributed by atoms with Crippen molar-refractivity contribution >= 4 is 27.6 Å². The van der Waals surface area contributed by atoms with Crippen molar-refractivity contribution in [3.05, 3.63) is 78.0 Å². The number of hydrogen-bond acceptors (Lipinski definition) is 7. The van der Waals surface area contributed by atoms with Gasteiger partial charge in [-0.3, -0.25) is 4.79 Å². The SMILES string of the molecule is CC1CN(c2ncccc2C(=O)NS(=O)(=O)c2cccc(N3CCC(c4ccccc4)C3)n2)C(C)(C)C1. The first-order valence-corrected chi connectivity index (χ1v) is 14.2. The second-order valence-electron chi connectivity index (χ2n) is 10.7. The number of amides is 1. The van der Waals surface area contributed by atoms with Crippen LogP contribution in [0.15, 0.2) is 71.9 Å². The largest absolute Gasteiger partial charge is 0.356 e. The van der Waals surface area contributed by atoms with Crippen molar-refractivity contribution in [3.8, 4) is 0 Å². The molecule has 8 nitrogen and oxygen atoms in total. The third-order valence-electron chi connectivity index (χ3n) is 7.35. The number of hydrogen-bond donors (Lipinski definition) is 1. The highest BCUT2D eigenvalue weighted by molar-refractivity contribution is 7.90. The van der Waals surface area contributed by atoms with Gasteiger partial charge < -0.3 is 9.80 Å². The van der Waals surface area contributed by atoms with E-state index in [1.54, 1.807) is 24.4 Å². The third kappa shape index (κ3) is 5.18. The zero-order chi connectivity index (χ0) is 26.2. The van der Waals surface area contributed by atoms with E-state index in [0.717, 1.165) is 32.5 Å². The molecule has 2 aliphatic heterocycles. The molecule has 2 unspecified atom stereocenters. The summed E-state index contributed by atoms with van der Waals surface area (Å²) in [6.45, 7) is 8.68. The van der Waals surface area contributed by atoms with Crippen LogP contribution in [0.1, 0.15) is 55.5 Å². The molecule has 2 atom stereocenters. The molecule has 194 valence electrons. The highest BCUT2D eigenvalue weighted by Gasteiger charge is 2.39. The molecule has 9 heteroatoms. The van der Waals surface area contributed by atoms with Crippen LogP contribution in [0.4, 0.5) is 11.6 Å². The van der Waals surface area contributed by atoms with Crippen molar-refractivity contribution in [1.82, 2.24) is 14.7 Å². The van der Waals surface area contributed by atoms with Crippen molar-refractivity contribution in [2.45, 2.75) is 50.1 Å². The summed E-state index contributed by atoms with van der Waals surface area (Å²) >= 11 is 0. The van der Waals surface area contributed by atoms with E-state index in [1.165, 1.54) is 11.6 Å². The number of rotatable bonds is 6. The van der Waals surface area contributed by atoms with Gasteiger partial charge in [-0.25, -0.2) is 14.7 Å². The molecule has 1 amide bonds. The Morgan fingerprint density at radius 3 is 2.54 bits per heavy atom. The molecule has 2 fully saturated rings. The number of carbonyl (C=O) groups is 1. The van der Waals surface area contributed by atoms with Crippen LogP contribution in [0.25, 0.3) is 0 Å². The summed E-state index contributed by atoms with van der Waals surface area (Å²) in [5, 5.41) is -0.179. The molecule has 37 heavy (non-hydrogen) atoms. The van der Waals surface area contributed by atoms with Crippen molar-refractivity contribution in [2.24, 2.45) is 5.92 Å². The van der Waals surface area contributed by atoms with Gasteiger partial charge in [0, 0.05) is 37.3 Å². The smallest absolute Gasteiger partial charge is 0.281 e. The highest BCUT2D eigenvalue weighted by atomic mass is 32.2. The minimum Gasteiger partial charge on any atom is -0.356 e. The normalized spacial score (nSPS) is 21.3. The number of benzene rings is 1. The second-order valence-corrected chi connectivity index (χ2v) is 12.3.